The lowest BCUT2D eigenvalue weighted by Gasteiger charge is -2.15. The van der Waals surface area contributed by atoms with E-state index in [0.29, 0.717) is 18.4 Å². The van der Waals surface area contributed by atoms with Crippen LogP contribution in [0.4, 0.5) is 5.69 Å². The first kappa shape index (κ1) is 15.0. The maximum atomic E-state index is 11.9. The van der Waals surface area contributed by atoms with E-state index in [2.05, 4.69) is 5.32 Å². The van der Waals surface area contributed by atoms with Crippen LogP contribution in [0, 0.1) is 0 Å². The van der Waals surface area contributed by atoms with E-state index in [1.54, 1.807) is 12.1 Å². The molecule has 0 saturated carbocycles. The Kier molecular flexibility index (Phi) is 5.36. The van der Waals surface area contributed by atoms with Gasteiger partial charge in [-0.1, -0.05) is 13.3 Å². The predicted octanol–water partition coefficient (Wildman–Crippen LogP) is 1.74. The summed E-state index contributed by atoms with van der Waals surface area (Å²) >= 11 is 0. The Morgan fingerprint density at radius 3 is 2.26 bits per heavy atom. The minimum Gasteiger partial charge on any atom is -0.480 e. The topological polar surface area (TPSA) is 69.6 Å². The molecule has 1 unspecified atom stereocenters. The molecular weight excluding hydrogens is 244 g/mol. The van der Waals surface area contributed by atoms with Gasteiger partial charge in [-0.3, -0.25) is 4.79 Å². The van der Waals surface area contributed by atoms with Gasteiger partial charge in [-0.25, -0.2) is 4.79 Å². The SMILES string of the molecule is CCCC(NC(=O)c1ccc(N(C)C)cc1)C(=O)O. The number of nitrogens with zero attached hydrogens (tertiary/aromatic N) is 1. The van der Waals surface area contributed by atoms with Crippen molar-refractivity contribution in [2.24, 2.45) is 0 Å². The molecular formula is C14H20N2O3. The minimum atomic E-state index is -1.000. The predicted molar refractivity (Wildman–Crippen MR) is 74.6 cm³/mol. The lowest BCUT2D eigenvalue weighted by Crippen LogP contribution is -2.40. The van der Waals surface area contributed by atoms with Crippen molar-refractivity contribution in [3.8, 4) is 0 Å². The molecule has 1 aromatic rings. The van der Waals surface area contributed by atoms with Crippen molar-refractivity contribution in [2.75, 3.05) is 19.0 Å². The highest BCUT2D eigenvalue weighted by molar-refractivity contribution is 5.96. The molecule has 1 rings (SSSR count). The molecule has 0 aromatic heterocycles. The molecule has 0 radical (unpaired) electrons. The monoisotopic (exact) mass is 264 g/mol. The first-order valence-electron chi connectivity index (χ1n) is 6.26. The molecule has 104 valence electrons. The number of carbonyl (C=O) groups is 2. The van der Waals surface area contributed by atoms with Crippen LogP contribution in [0.1, 0.15) is 30.1 Å². The van der Waals surface area contributed by atoms with Crippen LogP contribution < -0.4 is 10.2 Å². The largest absolute Gasteiger partial charge is 0.480 e. The van der Waals surface area contributed by atoms with E-state index in [1.165, 1.54) is 0 Å². The zero-order valence-electron chi connectivity index (χ0n) is 11.5. The first-order valence-corrected chi connectivity index (χ1v) is 6.26. The van der Waals surface area contributed by atoms with Gasteiger partial charge in [0.1, 0.15) is 6.04 Å². The average Bonchev–Trinajstić information content (AvgIpc) is 2.38. The lowest BCUT2D eigenvalue weighted by molar-refractivity contribution is -0.139. The molecule has 0 aliphatic carbocycles. The molecule has 0 fully saturated rings. The van der Waals surface area contributed by atoms with Gasteiger partial charge in [0.05, 0.1) is 0 Å². The van der Waals surface area contributed by atoms with Crippen molar-refractivity contribution in [1.29, 1.82) is 0 Å². The number of hydrogen-bond donors (Lipinski definition) is 2. The van der Waals surface area contributed by atoms with Crippen molar-refractivity contribution >= 4 is 17.6 Å². The third-order valence-electron chi connectivity index (χ3n) is 2.83. The van der Waals surface area contributed by atoms with E-state index < -0.39 is 12.0 Å². The van der Waals surface area contributed by atoms with E-state index in [0.717, 1.165) is 5.69 Å². The van der Waals surface area contributed by atoms with Gasteiger partial charge in [-0.15, -0.1) is 0 Å². The Morgan fingerprint density at radius 1 is 1.26 bits per heavy atom. The highest BCUT2D eigenvalue weighted by atomic mass is 16.4. The van der Waals surface area contributed by atoms with Crippen molar-refractivity contribution in [1.82, 2.24) is 5.32 Å². The zero-order valence-corrected chi connectivity index (χ0v) is 11.5. The Bertz CT molecular complexity index is 441. The number of amides is 1. The molecule has 0 saturated heterocycles. The zero-order chi connectivity index (χ0) is 14.4. The number of nitrogens with one attached hydrogen (secondary N) is 1. The standard InChI is InChI=1S/C14H20N2O3/c1-4-5-12(14(18)19)15-13(17)10-6-8-11(9-7-10)16(2)3/h6-9,12H,4-5H2,1-3H3,(H,15,17)(H,18,19). The van der Waals surface area contributed by atoms with Gasteiger partial charge in [-0.05, 0) is 30.7 Å². The molecule has 2 N–H and O–H groups in total. The smallest absolute Gasteiger partial charge is 0.326 e. The molecule has 1 aromatic carbocycles. The fraction of sp³-hybridized carbons (Fsp3) is 0.429. The number of benzene rings is 1. The van der Waals surface area contributed by atoms with Crippen molar-refractivity contribution in [3.05, 3.63) is 29.8 Å². The van der Waals surface area contributed by atoms with Crippen LogP contribution >= 0.6 is 0 Å². The number of carbonyl (C=O) groups excluding carboxylic acids is 1. The van der Waals surface area contributed by atoms with E-state index in [-0.39, 0.29) is 5.91 Å². The van der Waals surface area contributed by atoms with Gasteiger partial charge in [0.2, 0.25) is 0 Å². The molecule has 19 heavy (non-hydrogen) atoms. The van der Waals surface area contributed by atoms with Crippen LogP contribution in [0.5, 0.6) is 0 Å². The molecule has 5 heteroatoms. The van der Waals surface area contributed by atoms with E-state index in [1.807, 2.05) is 38.1 Å². The van der Waals surface area contributed by atoms with Gasteiger partial charge < -0.3 is 15.3 Å². The molecule has 0 bridgehead atoms. The number of anilines is 1. The van der Waals surface area contributed by atoms with Crippen molar-refractivity contribution in [3.63, 3.8) is 0 Å². The van der Waals surface area contributed by atoms with Gasteiger partial charge in [-0.2, -0.15) is 0 Å². The second-order valence-corrected chi connectivity index (χ2v) is 4.59. The summed E-state index contributed by atoms with van der Waals surface area (Å²) in [6.07, 6.45) is 1.13. The van der Waals surface area contributed by atoms with Gasteiger partial charge in [0.25, 0.3) is 5.91 Å². The average molecular weight is 264 g/mol. The lowest BCUT2D eigenvalue weighted by atomic mass is 10.1. The minimum absolute atomic E-state index is 0.355. The molecule has 0 heterocycles. The van der Waals surface area contributed by atoms with Crippen LogP contribution in [-0.2, 0) is 4.79 Å². The Hall–Kier alpha value is -2.04. The summed E-state index contributed by atoms with van der Waals surface area (Å²) in [6.45, 7) is 1.88. The summed E-state index contributed by atoms with van der Waals surface area (Å²) in [5.41, 5.74) is 1.45. The van der Waals surface area contributed by atoms with Gasteiger partial charge in [0.15, 0.2) is 0 Å². The Labute approximate surface area is 113 Å². The van der Waals surface area contributed by atoms with Crippen LogP contribution in [0.25, 0.3) is 0 Å². The first-order chi connectivity index (χ1) is 8.95. The second kappa shape index (κ2) is 6.78. The van der Waals surface area contributed by atoms with Gasteiger partial charge in [0, 0.05) is 25.3 Å². The molecule has 5 nitrogen and oxygen atoms in total. The molecule has 1 amide bonds. The van der Waals surface area contributed by atoms with Crippen molar-refractivity contribution in [2.45, 2.75) is 25.8 Å². The van der Waals surface area contributed by atoms with Crippen LogP contribution in [0.3, 0.4) is 0 Å². The van der Waals surface area contributed by atoms with Crippen LogP contribution in [0.15, 0.2) is 24.3 Å². The third-order valence-corrected chi connectivity index (χ3v) is 2.83. The fourth-order valence-corrected chi connectivity index (χ4v) is 1.70. The summed E-state index contributed by atoms with van der Waals surface area (Å²) in [5, 5.41) is 11.5. The van der Waals surface area contributed by atoms with E-state index >= 15 is 0 Å². The maximum absolute atomic E-state index is 11.9. The van der Waals surface area contributed by atoms with E-state index in [9.17, 15) is 9.59 Å². The Balaban J connectivity index is 2.74. The summed E-state index contributed by atoms with van der Waals surface area (Å²) in [4.78, 5) is 24.8. The number of hydrogen-bond acceptors (Lipinski definition) is 3. The quantitative estimate of drug-likeness (QED) is 0.821. The summed E-state index contributed by atoms with van der Waals surface area (Å²) < 4.78 is 0. The maximum Gasteiger partial charge on any atom is 0.326 e. The highest BCUT2D eigenvalue weighted by Crippen LogP contribution is 2.12. The second-order valence-electron chi connectivity index (χ2n) is 4.59. The molecule has 0 spiro atoms. The molecule has 0 aliphatic heterocycles. The Morgan fingerprint density at radius 2 is 1.84 bits per heavy atom. The molecule has 0 aliphatic rings. The van der Waals surface area contributed by atoms with Gasteiger partial charge >= 0.3 is 5.97 Å². The molecule has 1 atom stereocenters. The summed E-state index contributed by atoms with van der Waals surface area (Å²) in [7, 11) is 3.83. The van der Waals surface area contributed by atoms with Crippen LogP contribution in [-0.4, -0.2) is 37.1 Å². The fourth-order valence-electron chi connectivity index (χ4n) is 1.70. The number of aliphatic carboxylic acids is 1. The number of carboxylic acid groups (broad SMARTS) is 1. The number of rotatable bonds is 6. The number of carboxylic acids is 1. The van der Waals surface area contributed by atoms with Crippen molar-refractivity contribution < 1.29 is 14.7 Å². The summed E-state index contributed by atoms with van der Waals surface area (Å²) in [5.74, 6) is -1.36. The third kappa shape index (κ3) is 4.28. The normalized spacial score (nSPS) is 11.7. The summed E-state index contributed by atoms with van der Waals surface area (Å²) in [6, 6.07) is 6.20. The highest BCUT2D eigenvalue weighted by Gasteiger charge is 2.19. The van der Waals surface area contributed by atoms with E-state index in [4.69, 9.17) is 5.11 Å². The van der Waals surface area contributed by atoms with Crippen LogP contribution in [0.2, 0.25) is 0 Å².